The maximum Gasteiger partial charge on any atom is 0.335 e. The molecule has 0 bridgehead atoms. The summed E-state index contributed by atoms with van der Waals surface area (Å²) < 4.78 is 20.7. The number of ether oxygens (including phenoxy) is 4. The van der Waals surface area contributed by atoms with Crippen LogP contribution in [0, 0.1) is 5.92 Å². The molecule has 0 aliphatic carbocycles. The van der Waals surface area contributed by atoms with Gasteiger partial charge in [0.15, 0.2) is 18.4 Å². The van der Waals surface area contributed by atoms with Gasteiger partial charge in [-0.15, -0.1) is 0 Å². The van der Waals surface area contributed by atoms with E-state index in [9.17, 15) is 29.4 Å². The lowest BCUT2D eigenvalue weighted by atomic mass is 10.00. The fourth-order valence-electron chi connectivity index (χ4n) is 3.13. The average Bonchev–Trinajstić information content (AvgIpc) is 3.00. The highest BCUT2D eigenvalue weighted by Gasteiger charge is 2.47. The van der Waals surface area contributed by atoms with Crippen LogP contribution in [0.2, 0.25) is 0 Å². The highest BCUT2D eigenvalue weighted by atomic mass is 16.6. The number of aliphatic carboxylic acids is 1. The number of carbonyl (C=O) groups excluding carboxylic acids is 3. The average molecular weight is 427 g/mol. The third-order valence-corrected chi connectivity index (χ3v) is 4.73. The number of nitrogens with zero attached hydrogens (tertiary/aromatic N) is 1. The summed E-state index contributed by atoms with van der Waals surface area (Å²) in [5, 5.41) is 18.7. The summed E-state index contributed by atoms with van der Waals surface area (Å²) >= 11 is 0. The third kappa shape index (κ3) is 5.80. The van der Waals surface area contributed by atoms with Gasteiger partial charge in [-0.25, -0.2) is 9.59 Å². The van der Waals surface area contributed by atoms with E-state index in [1.807, 2.05) is 0 Å². The Morgan fingerprint density at radius 1 is 1.33 bits per heavy atom. The van der Waals surface area contributed by atoms with E-state index in [1.54, 1.807) is 19.2 Å². The number of allylic oxidation sites excluding steroid dienone is 1. The van der Waals surface area contributed by atoms with Crippen LogP contribution in [0.1, 0.15) is 26.7 Å². The smallest absolute Gasteiger partial charge is 0.335 e. The van der Waals surface area contributed by atoms with Crippen LogP contribution >= 0.6 is 0 Å². The number of hydrogen-bond acceptors (Lipinski definition) is 10. The van der Waals surface area contributed by atoms with Gasteiger partial charge in [0, 0.05) is 31.7 Å². The van der Waals surface area contributed by atoms with Crippen molar-refractivity contribution in [2.75, 3.05) is 13.7 Å². The molecule has 2 N–H and O–H groups in total. The van der Waals surface area contributed by atoms with Crippen molar-refractivity contribution in [3.05, 3.63) is 24.0 Å². The zero-order chi connectivity index (χ0) is 22.4. The summed E-state index contributed by atoms with van der Waals surface area (Å²) in [6.45, 7) is 2.77. The number of methoxy groups -OCH3 is 1. The van der Waals surface area contributed by atoms with Gasteiger partial charge in [-0.2, -0.15) is 0 Å². The van der Waals surface area contributed by atoms with E-state index in [2.05, 4.69) is 4.74 Å². The van der Waals surface area contributed by atoms with Crippen LogP contribution in [-0.4, -0.2) is 77.2 Å². The Labute approximate surface area is 172 Å². The van der Waals surface area contributed by atoms with Crippen LogP contribution in [-0.2, 0) is 38.1 Å². The Hall–Kier alpha value is -2.92. The van der Waals surface area contributed by atoms with Crippen LogP contribution in [0.4, 0.5) is 0 Å². The molecule has 11 nitrogen and oxygen atoms in total. The van der Waals surface area contributed by atoms with Crippen molar-refractivity contribution in [2.45, 2.75) is 51.2 Å². The molecule has 0 amide bonds. The lowest BCUT2D eigenvalue weighted by molar-refractivity contribution is -0.160. The standard InChI is InChI=1S/C19H25NO10/c1-10-14(9-28-15(23)7-13(22)19(26)27-3)30-17(16(10)29-11(2)21)20-6-4-5-12(8-20)18(24)25/h4,6,8,10,13-14,16-17,22H,5,7,9H2,1-3H3,(H,24,25)/t10-,13+,14-,16-,17-/m1/s1. The molecule has 0 aromatic rings. The predicted molar refractivity (Wildman–Crippen MR) is 98.3 cm³/mol. The minimum atomic E-state index is -1.64. The Morgan fingerprint density at radius 3 is 2.63 bits per heavy atom. The monoisotopic (exact) mass is 427 g/mol. The lowest BCUT2D eigenvalue weighted by Crippen LogP contribution is -2.40. The van der Waals surface area contributed by atoms with Crippen molar-refractivity contribution in [2.24, 2.45) is 5.92 Å². The van der Waals surface area contributed by atoms with E-state index in [0.717, 1.165) is 7.11 Å². The van der Waals surface area contributed by atoms with Crippen LogP contribution in [0.15, 0.2) is 24.0 Å². The fraction of sp³-hybridized carbons (Fsp3) is 0.579. The van der Waals surface area contributed by atoms with Crippen LogP contribution in [0.3, 0.4) is 0 Å². The highest BCUT2D eigenvalue weighted by Crippen LogP contribution is 2.33. The molecule has 5 atom stereocenters. The molecule has 11 heteroatoms. The minimum Gasteiger partial charge on any atom is -0.478 e. The van der Waals surface area contributed by atoms with Crippen LogP contribution < -0.4 is 0 Å². The van der Waals surface area contributed by atoms with Gasteiger partial charge >= 0.3 is 23.9 Å². The third-order valence-electron chi connectivity index (χ3n) is 4.73. The number of aliphatic hydroxyl groups excluding tert-OH is 1. The fourth-order valence-corrected chi connectivity index (χ4v) is 3.13. The lowest BCUT2D eigenvalue weighted by Gasteiger charge is -2.30. The first-order valence-electron chi connectivity index (χ1n) is 9.26. The number of carboxylic acid groups (broad SMARTS) is 1. The van der Waals surface area contributed by atoms with Gasteiger partial charge in [0.1, 0.15) is 12.7 Å². The molecule has 2 rings (SSSR count). The van der Waals surface area contributed by atoms with Crippen molar-refractivity contribution < 1.29 is 48.3 Å². The number of esters is 3. The maximum absolute atomic E-state index is 11.9. The largest absolute Gasteiger partial charge is 0.478 e. The zero-order valence-corrected chi connectivity index (χ0v) is 16.8. The van der Waals surface area contributed by atoms with E-state index < -0.39 is 60.8 Å². The van der Waals surface area contributed by atoms with Gasteiger partial charge < -0.3 is 34.1 Å². The second-order valence-corrected chi connectivity index (χ2v) is 6.92. The Morgan fingerprint density at radius 2 is 2.03 bits per heavy atom. The van der Waals surface area contributed by atoms with Gasteiger partial charge in [0.05, 0.1) is 19.1 Å². The van der Waals surface area contributed by atoms with Gasteiger partial charge in [-0.1, -0.05) is 13.0 Å². The van der Waals surface area contributed by atoms with E-state index in [1.165, 1.54) is 18.0 Å². The summed E-state index contributed by atoms with van der Waals surface area (Å²) in [6, 6.07) is 0. The maximum atomic E-state index is 11.9. The topological polar surface area (TPSA) is 149 Å². The minimum absolute atomic E-state index is 0.141. The number of carbonyl (C=O) groups is 4. The molecule has 0 aromatic heterocycles. The molecule has 2 aliphatic heterocycles. The number of rotatable bonds is 8. The molecule has 2 aliphatic rings. The molecule has 1 saturated heterocycles. The highest BCUT2D eigenvalue weighted by molar-refractivity contribution is 5.87. The first-order valence-corrected chi connectivity index (χ1v) is 9.26. The molecule has 0 unspecified atom stereocenters. The van der Waals surface area contributed by atoms with E-state index in [0.29, 0.717) is 0 Å². The molecular weight excluding hydrogens is 402 g/mol. The molecule has 0 saturated carbocycles. The van der Waals surface area contributed by atoms with Crippen molar-refractivity contribution in [1.82, 2.24) is 4.90 Å². The summed E-state index contributed by atoms with van der Waals surface area (Å²) in [6.07, 6.45) is 0.461. The van der Waals surface area contributed by atoms with Crippen molar-refractivity contribution in [3.63, 3.8) is 0 Å². The molecule has 0 aromatic carbocycles. The van der Waals surface area contributed by atoms with Crippen molar-refractivity contribution >= 4 is 23.9 Å². The summed E-state index contributed by atoms with van der Waals surface area (Å²) in [4.78, 5) is 47.4. The Kier molecular flexibility index (Phi) is 7.95. The second-order valence-electron chi connectivity index (χ2n) is 6.92. The quantitative estimate of drug-likeness (QED) is 0.396. The summed E-state index contributed by atoms with van der Waals surface area (Å²) in [7, 11) is 1.08. The molecular formula is C19H25NO10. The van der Waals surface area contributed by atoms with Gasteiger partial charge in [-0.3, -0.25) is 9.59 Å². The molecule has 0 spiro atoms. The second kappa shape index (κ2) is 10.2. The van der Waals surface area contributed by atoms with Crippen LogP contribution in [0.5, 0.6) is 0 Å². The SMILES string of the molecule is COC(=O)[C@@H](O)CC(=O)OC[C@H]1O[C@@H](N2C=CCC(C(=O)O)=C2)[C@H](OC(C)=O)[C@@H]1C. The van der Waals surface area contributed by atoms with E-state index >= 15 is 0 Å². The molecule has 0 radical (unpaired) electrons. The zero-order valence-electron chi connectivity index (χ0n) is 16.8. The Balaban J connectivity index is 2.06. The van der Waals surface area contributed by atoms with Crippen molar-refractivity contribution in [1.29, 1.82) is 0 Å². The molecule has 2 heterocycles. The summed E-state index contributed by atoms with van der Waals surface area (Å²) in [5.74, 6) is -3.79. The van der Waals surface area contributed by atoms with E-state index in [-0.39, 0.29) is 18.6 Å². The number of hydrogen-bond donors (Lipinski definition) is 2. The van der Waals surface area contributed by atoms with Gasteiger partial charge in [0.2, 0.25) is 0 Å². The first kappa shape index (κ1) is 23.4. The molecule has 166 valence electrons. The first-order chi connectivity index (χ1) is 14.1. The molecule has 1 fully saturated rings. The normalized spacial score (nSPS) is 26.5. The summed E-state index contributed by atoms with van der Waals surface area (Å²) in [5.41, 5.74) is 0.141. The van der Waals surface area contributed by atoms with Gasteiger partial charge in [-0.05, 0) is 0 Å². The number of carboxylic acids is 1. The van der Waals surface area contributed by atoms with Gasteiger partial charge in [0.25, 0.3) is 0 Å². The van der Waals surface area contributed by atoms with E-state index in [4.69, 9.17) is 14.2 Å². The number of aliphatic hydroxyl groups is 1. The van der Waals surface area contributed by atoms with Crippen molar-refractivity contribution in [3.8, 4) is 0 Å². The predicted octanol–water partition coefficient (Wildman–Crippen LogP) is -0.0658. The van der Waals surface area contributed by atoms with Crippen LogP contribution in [0.25, 0.3) is 0 Å². The Bertz CT molecular complexity index is 746. The molecule has 30 heavy (non-hydrogen) atoms.